The second-order valence-corrected chi connectivity index (χ2v) is 6.23. The Morgan fingerprint density at radius 2 is 2.05 bits per heavy atom. The molecule has 3 rings (SSSR count). The van der Waals surface area contributed by atoms with Crippen LogP contribution in [0.25, 0.3) is 0 Å². The Bertz CT molecular complexity index is 536. The van der Waals surface area contributed by atoms with Gasteiger partial charge in [-0.2, -0.15) is 0 Å². The first kappa shape index (κ1) is 13.2. The van der Waals surface area contributed by atoms with Crippen LogP contribution in [-0.2, 0) is 11.3 Å². The number of nitrogens with zero attached hydrogens (tertiary/aromatic N) is 1. The molecular formula is C18H21NO. The van der Waals surface area contributed by atoms with Crippen LogP contribution in [0.15, 0.2) is 24.3 Å². The number of aryl methyl sites for hydroxylation is 1. The molecule has 0 spiro atoms. The highest BCUT2D eigenvalue weighted by molar-refractivity contribution is 5.82. The van der Waals surface area contributed by atoms with Gasteiger partial charge in [0.05, 0.1) is 6.54 Å². The minimum Gasteiger partial charge on any atom is -0.327 e. The van der Waals surface area contributed by atoms with E-state index in [1.807, 2.05) is 4.90 Å². The van der Waals surface area contributed by atoms with Crippen molar-refractivity contribution in [2.45, 2.75) is 32.7 Å². The molecule has 2 saturated carbocycles. The van der Waals surface area contributed by atoms with Gasteiger partial charge in [-0.1, -0.05) is 35.7 Å². The number of hydrogen-bond acceptors (Lipinski definition) is 1. The Morgan fingerprint density at radius 3 is 2.65 bits per heavy atom. The van der Waals surface area contributed by atoms with Crippen LogP contribution in [0.5, 0.6) is 0 Å². The summed E-state index contributed by atoms with van der Waals surface area (Å²) in [6, 6.07) is 8.32. The number of amides is 1. The molecular weight excluding hydrogens is 246 g/mol. The third kappa shape index (κ3) is 2.88. The zero-order valence-electron chi connectivity index (χ0n) is 12.0. The lowest BCUT2D eigenvalue weighted by Crippen LogP contribution is -2.32. The van der Waals surface area contributed by atoms with E-state index in [-0.39, 0.29) is 11.8 Å². The van der Waals surface area contributed by atoms with Gasteiger partial charge in [-0.3, -0.25) is 4.79 Å². The third-order valence-electron chi connectivity index (χ3n) is 4.47. The van der Waals surface area contributed by atoms with Crippen LogP contribution in [0.1, 0.15) is 30.4 Å². The van der Waals surface area contributed by atoms with Gasteiger partial charge in [-0.05, 0) is 43.6 Å². The minimum absolute atomic E-state index is 0.251. The van der Waals surface area contributed by atoms with Crippen molar-refractivity contribution in [1.29, 1.82) is 0 Å². The molecule has 2 nitrogen and oxygen atoms in total. The molecule has 2 aliphatic rings. The second-order valence-electron chi connectivity index (χ2n) is 6.23. The molecule has 0 radical (unpaired) electrons. The van der Waals surface area contributed by atoms with Crippen molar-refractivity contribution in [1.82, 2.24) is 4.90 Å². The molecule has 1 aromatic rings. The topological polar surface area (TPSA) is 20.3 Å². The van der Waals surface area contributed by atoms with Gasteiger partial charge < -0.3 is 4.90 Å². The summed E-state index contributed by atoms with van der Waals surface area (Å²) in [7, 11) is 0. The van der Waals surface area contributed by atoms with Crippen molar-refractivity contribution in [2.24, 2.45) is 17.8 Å². The fraction of sp³-hybridized carbons (Fsp3) is 0.500. The third-order valence-corrected chi connectivity index (χ3v) is 4.47. The highest BCUT2D eigenvalue weighted by atomic mass is 16.2. The summed E-state index contributed by atoms with van der Waals surface area (Å²) in [6.45, 7) is 3.12. The molecule has 0 bridgehead atoms. The highest BCUT2D eigenvalue weighted by Gasteiger charge is 2.52. The second kappa shape index (κ2) is 5.32. The summed E-state index contributed by atoms with van der Waals surface area (Å²) in [5.41, 5.74) is 2.39. The molecule has 0 unspecified atom stereocenters. The van der Waals surface area contributed by atoms with Crippen LogP contribution in [0.4, 0.5) is 0 Å². The lowest BCUT2D eigenvalue weighted by atomic mass is 10.1. The summed E-state index contributed by atoms with van der Waals surface area (Å²) in [6.07, 6.45) is 9.15. The summed E-state index contributed by atoms with van der Waals surface area (Å²) in [5.74, 6) is 4.63. The zero-order chi connectivity index (χ0) is 14.1. The maximum Gasteiger partial charge on any atom is 0.227 e. The highest BCUT2D eigenvalue weighted by Crippen LogP contribution is 2.54. The van der Waals surface area contributed by atoms with Crippen LogP contribution in [0.3, 0.4) is 0 Å². The van der Waals surface area contributed by atoms with Gasteiger partial charge in [0.1, 0.15) is 0 Å². The van der Waals surface area contributed by atoms with E-state index < -0.39 is 0 Å². The minimum atomic E-state index is 0.251. The van der Waals surface area contributed by atoms with Gasteiger partial charge in [0, 0.05) is 12.5 Å². The lowest BCUT2D eigenvalue weighted by Gasteiger charge is -2.20. The number of carbonyl (C=O) groups excluding carboxylic acids is 1. The lowest BCUT2D eigenvalue weighted by molar-refractivity contribution is -0.132. The molecule has 1 amide bonds. The van der Waals surface area contributed by atoms with Crippen molar-refractivity contribution in [3.63, 3.8) is 0 Å². The molecule has 1 aromatic carbocycles. The summed E-state index contributed by atoms with van der Waals surface area (Å²) in [5, 5.41) is 0. The van der Waals surface area contributed by atoms with Gasteiger partial charge in [-0.15, -0.1) is 6.42 Å². The van der Waals surface area contributed by atoms with E-state index in [0.29, 0.717) is 19.0 Å². The first-order chi connectivity index (χ1) is 9.69. The molecule has 2 atom stereocenters. The number of hydrogen-bond donors (Lipinski definition) is 0. The molecule has 0 saturated heterocycles. The van der Waals surface area contributed by atoms with Gasteiger partial charge in [0.2, 0.25) is 5.91 Å². The Hall–Kier alpha value is -1.75. The standard InChI is InChI=1S/C18H21NO/c1-3-10-19(12-14-6-4-13(2)5-7-14)18(20)17-11-16(17)15-8-9-15/h1,4-7,15-17H,8-12H2,2H3/t16-,17+/m0/s1. The molecule has 20 heavy (non-hydrogen) atoms. The van der Waals surface area contributed by atoms with E-state index in [9.17, 15) is 4.79 Å². The average Bonchev–Trinajstić information content (AvgIpc) is 3.30. The van der Waals surface area contributed by atoms with Crippen molar-refractivity contribution < 1.29 is 4.79 Å². The first-order valence-electron chi connectivity index (χ1n) is 7.47. The van der Waals surface area contributed by atoms with E-state index in [1.54, 1.807) is 0 Å². The Balaban J connectivity index is 1.64. The molecule has 0 aliphatic heterocycles. The van der Waals surface area contributed by atoms with Crippen LogP contribution < -0.4 is 0 Å². The van der Waals surface area contributed by atoms with Gasteiger partial charge >= 0.3 is 0 Å². The summed E-state index contributed by atoms with van der Waals surface area (Å²) < 4.78 is 0. The molecule has 0 N–H and O–H groups in total. The van der Waals surface area contributed by atoms with Gasteiger partial charge in [0.25, 0.3) is 0 Å². The van der Waals surface area contributed by atoms with E-state index in [0.717, 1.165) is 17.9 Å². The fourth-order valence-corrected chi connectivity index (χ4v) is 3.01. The normalized spacial score (nSPS) is 24.0. The first-order valence-corrected chi connectivity index (χ1v) is 7.47. The molecule has 0 aromatic heterocycles. The number of terminal acetylenes is 1. The Labute approximate surface area is 121 Å². The molecule has 2 heteroatoms. The van der Waals surface area contributed by atoms with Crippen LogP contribution in [-0.4, -0.2) is 17.4 Å². The molecule has 104 valence electrons. The summed E-state index contributed by atoms with van der Waals surface area (Å²) in [4.78, 5) is 14.4. The van der Waals surface area contributed by atoms with Gasteiger partial charge in [0.15, 0.2) is 0 Å². The number of rotatable bonds is 5. The van der Waals surface area contributed by atoms with Crippen LogP contribution in [0.2, 0.25) is 0 Å². The SMILES string of the molecule is C#CCN(Cc1ccc(C)cc1)C(=O)[C@@H]1C[C@H]1C1CC1. The Morgan fingerprint density at radius 1 is 1.35 bits per heavy atom. The van der Waals surface area contributed by atoms with Crippen LogP contribution in [0, 0.1) is 37.0 Å². The molecule has 0 heterocycles. The predicted octanol–water partition coefficient (Wildman–Crippen LogP) is 3.00. The monoisotopic (exact) mass is 267 g/mol. The average molecular weight is 267 g/mol. The number of benzene rings is 1. The fourth-order valence-electron chi connectivity index (χ4n) is 3.01. The molecule has 2 fully saturated rings. The van der Waals surface area contributed by atoms with Gasteiger partial charge in [-0.25, -0.2) is 0 Å². The number of carbonyl (C=O) groups is 1. The quantitative estimate of drug-likeness (QED) is 0.751. The van der Waals surface area contributed by atoms with E-state index in [4.69, 9.17) is 6.42 Å². The maximum absolute atomic E-state index is 12.5. The van der Waals surface area contributed by atoms with Crippen molar-refractivity contribution in [2.75, 3.05) is 6.54 Å². The largest absolute Gasteiger partial charge is 0.327 e. The smallest absolute Gasteiger partial charge is 0.227 e. The van der Waals surface area contributed by atoms with Crippen molar-refractivity contribution in [3.8, 4) is 12.3 Å². The van der Waals surface area contributed by atoms with Crippen LogP contribution >= 0.6 is 0 Å². The maximum atomic E-state index is 12.5. The predicted molar refractivity (Wildman–Crippen MR) is 79.8 cm³/mol. The zero-order valence-corrected chi connectivity index (χ0v) is 12.0. The Kier molecular flexibility index (Phi) is 3.53. The van der Waals surface area contributed by atoms with E-state index >= 15 is 0 Å². The molecule has 2 aliphatic carbocycles. The van der Waals surface area contributed by atoms with E-state index in [1.165, 1.54) is 18.4 Å². The van der Waals surface area contributed by atoms with Crippen molar-refractivity contribution >= 4 is 5.91 Å². The van der Waals surface area contributed by atoms with E-state index in [2.05, 4.69) is 37.1 Å². The van der Waals surface area contributed by atoms with Crippen molar-refractivity contribution in [3.05, 3.63) is 35.4 Å². The summed E-state index contributed by atoms with van der Waals surface area (Å²) >= 11 is 0.